The standard InChI is InChI=1S/C13H18N4O/c1-2-8-14-12(17-16-8)13(18)15-11-9-6-3-4-7(5-6)10(9)11/h6-7,9-11H,2-5H2,1H3,(H,15,18)(H,14,16,17). The second-order valence-corrected chi connectivity index (χ2v) is 5.95. The summed E-state index contributed by atoms with van der Waals surface area (Å²) in [5.41, 5.74) is 0. The van der Waals surface area contributed by atoms with Gasteiger partial charge in [0.25, 0.3) is 5.91 Å². The number of aryl methyl sites for hydroxylation is 1. The van der Waals surface area contributed by atoms with Crippen molar-refractivity contribution >= 4 is 5.91 Å². The van der Waals surface area contributed by atoms with Crippen LogP contribution < -0.4 is 5.32 Å². The van der Waals surface area contributed by atoms with Crippen LogP contribution in [0.3, 0.4) is 0 Å². The second-order valence-electron chi connectivity index (χ2n) is 5.95. The largest absolute Gasteiger partial charge is 0.346 e. The molecule has 0 spiro atoms. The molecule has 2 N–H and O–H groups in total. The SMILES string of the molecule is CCc1nc(C(=O)NC2C3C4CCC(C4)C23)n[nH]1. The van der Waals surface area contributed by atoms with E-state index in [-0.39, 0.29) is 5.91 Å². The molecule has 2 bridgehead atoms. The third kappa shape index (κ3) is 1.36. The summed E-state index contributed by atoms with van der Waals surface area (Å²) in [5.74, 6) is 4.24. The highest BCUT2D eigenvalue weighted by molar-refractivity contribution is 5.90. The Morgan fingerprint density at radius 2 is 2.11 bits per heavy atom. The molecule has 0 aromatic carbocycles. The smallest absolute Gasteiger partial charge is 0.291 e. The van der Waals surface area contributed by atoms with Crippen LogP contribution in [-0.4, -0.2) is 27.1 Å². The van der Waals surface area contributed by atoms with Crippen molar-refractivity contribution in [2.24, 2.45) is 23.7 Å². The molecule has 0 radical (unpaired) electrons. The fraction of sp³-hybridized carbons (Fsp3) is 0.769. The fourth-order valence-electron chi connectivity index (χ4n) is 4.29. The number of rotatable bonds is 3. The maximum atomic E-state index is 12.0. The number of carbonyl (C=O) groups excluding carboxylic acids is 1. The number of H-pyrrole nitrogens is 1. The highest BCUT2D eigenvalue weighted by Gasteiger charge is 2.65. The van der Waals surface area contributed by atoms with Gasteiger partial charge < -0.3 is 5.32 Å². The number of carbonyl (C=O) groups is 1. The lowest BCUT2D eigenvalue weighted by Crippen LogP contribution is -2.30. The van der Waals surface area contributed by atoms with Crippen molar-refractivity contribution in [3.63, 3.8) is 0 Å². The Bertz CT molecular complexity index is 481. The zero-order valence-corrected chi connectivity index (χ0v) is 10.5. The maximum absolute atomic E-state index is 12.0. The molecular formula is C13H18N4O. The number of aromatic nitrogens is 3. The third-order valence-electron chi connectivity index (χ3n) is 5.10. The first kappa shape index (κ1) is 10.5. The minimum atomic E-state index is -0.107. The lowest BCUT2D eigenvalue weighted by molar-refractivity contribution is 0.0934. The summed E-state index contributed by atoms with van der Waals surface area (Å²) in [6, 6.07) is 0.410. The van der Waals surface area contributed by atoms with E-state index in [1.54, 1.807) is 0 Å². The van der Waals surface area contributed by atoms with Crippen LogP contribution in [0.1, 0.15) is 42.6 Å². The Labute approximate surface area is 106 Å². The van der Waals surface area contributed by atoms with Gasteiger partial charge in [-0.25, -0.2) is 4.98 Å². The molecule has 1 heterocycles. The van der Waals surface area contributed by atoms with Crippen LogP contribution in [0.5, 0.6) is 0 Å². The van der Waals surface area contributed by atoms with Gasteiger partial charge in [0, 0.05) is 12.5 Å². The number of nitrogens with zero attached hydrogens (tertiary/aromatic N) is 2. The molecule has 3 fully saturated rings. The fourth-order valence-corrected chi connectivity index (χ4v) is 4.29. The Balaban J connectivity index is 1.43. The molecule has 1 aromatic rings. The van der Waals surface area contributed by atoms with Crippen molar-refractivity contribution in [3.8, 4) is 0 Å². The first-order valence-electron chi connectivity index (χ1n) is 7.00. The number of hydrogen-bond donors (Lipinski definition) is 2. The first-order chi connectivity index (χ1) is 8.78. The van der Waals surface area contributed by atoms with Gasteiger partial charge in [-0.15, -0.1) is 5.10 Å². The van der Waals surface area contributed by atoms with E-state index in [0.29, 0.717) is 11.9 Å². The highest BCUT2D eigenvalue weighted by atomic mass is 16.2. The molecule has 1 amide bonds. The first-order valence-corrected chi connectivity index (χ1v) is 7.00. The summed E-state index contributed by atoms with van der Waals surface area (Å²) < 4.78 is 0. The monoisotopic (exact) mass is 246 g/mol. The van der Waals surface area contributed by atoms with Gasteiger partial charge in [-0.1, -0.05) is 6.92 Å². The maximum Gasteiger partial charge on any atom is 0.291 e. The van der Waals surface area contributed by atoms with E-state index >= 15 is 0 Å². The van der Waals surface area contributed by atoms with Crippen LogP contribution in [0, 0.1) is 23.7 Å². The minimum Gasteiger partial charge on any atom is -0.346 e. The van der Waals surface area contributed by atoms with Gasteiger partial charge in [0.2, 0.25) is 5.82 Å². The van der Waals surface area contributed by atoms with E-state index in [1.807, 2.05) is 6.92 Å². The van der Waals surface area contributed by atoms with Crippen molar-refractivity contribution in [2.75, 3.05) is 0 Å². The molecule has 4 unspecified atom stereocenters. The number of aromatic amines is 1. The molecule has 4 atom stereocenters. The average molecular weight is 246 g/mol. The van der Waals surface area contributed by atoms with Gasteiger partial charge in [0.05, 0.1) is 0 Å². The molecule has 4 rings (SSSR count). The summed E-state index contributed by atoms with van der Waals surface area (Å²) in [4.78, 5) is 16.2. The highest BCUT2D eigenvalue weighted by Crippen LogP contribution is 2.65. The molecule has 0 saturated heterocycles. The van der Waals surface area contributed by atoms with Crippen molar-refractivity contribution < 1.29 is 4.79 Å². The lowest BCUT2D eigenvalue weighted by atomic mass is 10.0. The zero-order chi connectivity index (χ0) is 12.3. The number of nitrogens with one attached hydrogen (secondary N) is 2. The molecule has 96 valence electrons. The summed E-state index contributed by atoms with van der Waals surface area (Å²) in [6.45, 7) is 1.99. The summed E-state index contributed by atoms with van der Waals surface area (Å²) in [6.07, 6.45) is 4.93. The van der Waals surface area contributed by atoms with Gasteiger partial charge >= 0.3 is 0 Å². The van der Waals surface area contributed by atoms with E-state index in [0.717, 1.165) is 35.9 Å². The minimum absolute atomic E-state index is 0.107. The Kier molecular flexibility index (Phi) is 2.08. The van der Waals surface area contributed by atoms with Crippen LogP contribution in [0.15, 0.2) is 0 Å². The number of fused-ring (bicyclic) bond motifs is 5. The van der Waals surface area contributed by atoms with Gasteiger partial charge in [-0.3, -0.25) is 9.89 Å². The number of amides is 1. The summed E-state index contributed by atoms with van der Waals surface area (Å²) >= 11 is 0. The lowest BCUT2D eigenvalue weighted by Gasteiger charge is -2.08. The molecule has 18 heavy (non-hydrogen) atoms. The quantitative estimate of drug-likeness (QED) is 0.840. The van der Waals surface area contributed by atoms with Crippen molar-refractivity contribution in [1.29, 1.82) is 0 Å². The predicted octanol–water partition coefficient (Wildman–Crippen LogP) is 1.14. The van der Waals surface area contributed by atoms with Crippen LogP contribution in [0.25, 0.3) is 0 Å². The molecular weight excluding hydrogens is 228 g/mol. The molecule has 3 aliphatic carbocycles. The normalized spacial score (nSPS) is 39.7. The van der Waals surface area contributed by atoms with Gasteiger partial charge in [0.15, 0.2) is 0 Å². The second kappa shape index (κ2) is 3.56. The predicted molar refractivity (Wildman–Crippen MR) is 64.8 cm³/mol. The molecule has 5 nitrogen and oxygen atoms in total. The third-order valence-corrected chi connectivity index (χ3v) is 5.10. The molecule has 3 saturated carbocycles. The zero-order valence-electron chi connectivity index (χ0n) is 10.5. The van der Waals surface area contributed by atoms with Crippen molar-refractivity contribution in [1.82, 2.24) is 20.5 Å². The van der Waals surface area contributed by atoms with Crippen LogP contribution >= 0.6 is 0 Å². The Morgan fingerprint density at radius 1 is 1.39 bits per heavy atom. The van der Waals surface area contributed by atoms with E-state index in [1.165, 1.54) is 19.3 Å². The average Bonchev–Trinajstić information content (AvgIpc) is 2.87. The van der Waals surface area contributed by atoms with Crippen LogP contribution in [-0.2, 0) is 6.42 Å². The number of hydrogen-bond acceptors (Lipinski definition) is 3. The van der Waals surface area contributed by atoms with E-state index in [2.05, 4.69) is 20.5 Å². The van der Waals surface area contributed by atoms with E-state index in [4.69, 9.17) is 0 Å². The summed E-state index contributed by atoms with van der Waals surface area (Å²) in [7, 11) is 0. The topological polar surface area (TPSA) is 70.7 Å². The van der Waals surface area contributed by atoms with Crippen LogP contribution in [0.2, 0.25) is 0 Å². The molecule has 0 aliphatic heterocycles. The Morgan fingerprint density at radius 3 is 2.72 bits per heavy atom. The Hall–Kier alpha value is -1.39. The van der Waals surface area contributed by atoms with Gasteiger partial charge in [-0.2, -0.15) is 0 Å². The molecule has 3 aliphatic rings. The van der Waals surface area contributed by atoms with Crippen molar-refractivity contribution in [2.45, 2.75) is 38.6 Å². The van der Waals surface area contributed by atoms with E-state index < -0.39 is 0 Å². The van der Waals surface area contributed by atoms with E-state index in [9.17, 15) is 4.79 Å². The summed E-state index contributed by atoms with van der Waals surface area (Å²) in [5, 5.41) is 9.88. The van der Waals surface area contributed by atoms with Gasteiger partial charge in [-0.05, 0) is 42.9 Å². The van der Waals surface area contributed by atoms with Crippen LogP contribution in [0.4, 0.5) is 0 Å². The molecule has 5 heteroatoms. The molecule has 1 aromatic heterocycles. The van der Waals surface area contributed by atoms with Gasteiger partial charge in [0.1, 0.15) is 5.82 Å². The van der Waals surface area contributed by atoms with Crippen molar-refractivity contribution in [3.05, 3.63) is 11.6 Å².